The van der Waals surface area contributed by atoms with E-state index in [1.54, 1.807) is 6.07 Å². The van der Waals surface area contributed by atoms with Crippen LogP contribution in [0.25, 0.3) is 0 Å². The lowest BCUT2D eigenvalue weighted by atomic mass is 9.69. The van der Waals surface area contributed by atoms with E-state index >= 15 is 0 Å². The van der Waals surface area contributed by atoms with Crippen LogP contribution in [0.5, 0.6) is 5.75 Å². The first-order chi connectivity index (χ1) is 8.71. The second-order valence-electron chi connectivity index (χ2n) is 6.16. The summed E-state index contributed by atoms with van der Waals surface area (Å²) in [6.07, 6.45) is 6.55. The lowest BCUT2D eigenvalue weighted by Gasteiger charge is -2.35. The van der Waals surface area contributed by atoms with Crippen molar-refractivity contribution in [1.29, 1.82) is 0 Å². The van der Waals surface area contributed by atoms with Gasteiger partial charge in [-0.25, -0.2) is 0 Å². The molecule has 0 amide bonds. The van der Waals surface area contributed by atoms with Crippen LogP contribution in [-0.2, 0) is 5.41 Å². The lowest BCUT2D eigenvalue weighted by Crippen LogP contribution is -2.34. The second kappa shape index (κ2) is 5.72. The number of phenols is 1. The van der Waals surface area contributed by atoms with Crippen molar-refractivity contribution < 1.29 is 5.11 Å². The first-order valence-electron chi connectivity index (χ1n) is 7.19. The molecule has 2 nitrogen and oxygen atoms in total. The summed E-state index contributed by atoms with van der Waals surface area (Å²) in [7, 11) is 2.25. The van der Waals surface area contributed by atoms with Gasteiger partial charge in [-0.15, -0.1) is 12.4 Å². The van der Waals surface area contributed by atoms with Crippen LogP contribution in [0.1, 0.15) is 37.7 Å². The summed E-state index contributed by atoms with van der Waals surface area (Å²) >= 11 is 0. The van der Waals surface area contributed by atoms with Gasteiger partial charge in [0, 0.05) is 6.54 Å². The first-order valence-corrected chi connectivity index (χ1v) is 7.19. The summed E-state index contributed by atoms with van der Waals surface area (Å²) in [5.41, 5.74) is 1.71. The Morgan fingerprint density at radius 2 is 2.05 bits per heavy atom. The maximum atomic E-state index is 9.77. The number of phenolic OH excluding ortho intramolecular Hbond substituents is 1. The highest BCUT2D eigenvalue weighted by atomic mass is 35.5. The fourth-order valence-electron chi connectivity index (χ4n) is 4.21. The van der Waals surface area contributed by atoms with Crippen LogP contribution in [0.3, 0.4) is 0 Å². The Kier molecular flexibility index (Phi) is 4.42. The van der Waals surface area contributed by atoms with E-state index in [-0.39, 0.29) is 12.4 Å². The molecule has 1 aliphatic carbocycles. The van der Waals surface area contributed by atoms with Gasteiger partial charge < -0.3 is 10.0 Å². The molecule has 19 heavy (non-hydrogen) atoms. The van der Waals surface area contributed by atoms with E-state index in [1.165, 1.54) is 50.8 Å². The zero-order valence-corrected chi connectivity index (χ0v) is 12.5. The Morgan fingerprint density at radius 3 is 2.84 bits per heavy atom. The first kappa shape index (κ1) is 14.7. The normalized spacial score (nSPS) is 31.3. The topological polar surface area (TPSA) is 23.5 Å². The summed E-state index contributed by atoms with van der Waals surface area (Å²) < 4.78 is 0. The maximum absolute atomic E-state index is 9.77. The highest BCUT2D eigenvalue weighted by Crippen LogP contribution is 2.50. The van der Waals surface area contributed by atoms with Gasteiger partial charge in [0.15, 0.2) is 0 Å². The molecule has 0 unspecified atom stereocenters. The molecule has 0 spiro atoms. The van der Waals surface area contributed by atoms with Crippen molar-refractivity contribution in [3.8, 4) is 5.75 Å². The molecule has 0 bridgehead atoms. The van der Waals surface area contributed by atoms with E-state index in [0.29, 0.717) is 11.2 Å². The molecule has 0 aromatic heterocycles. The molecule has 3 rings (SSSR count). The summed E-state index contributed by atoms with van der Waals surface area (Å²) in [4.78, 5) is 2.49. The molecule has 1 N–H and O–H groups in total. The molecule has 3 heteroatoms. The third kappa shape index (κ3) is 2.61. The lowest BCUT2D eigenvalue weighted by molar-refractivity contribution is 0.252. The van der Waals surface area contributed by atoms with E-state index in [9.17, 15) is 5.11 Å². The Hall–Kier alpha value is -0.730. The average Bonchev–Trinajstić information content (AvgIpc) is 2.66. The van der Waals surface area contributed by atoms with E-state index in [2.05, 4.69) is 18.0 Å². The molecule has 1 saturated carbocycles. The standard InChI is InChI=1S/C16H23NO.ClH/c1-17-10-4-9-16(8-3-6-14(16)12-17)13-5-2-7-15(18)11-13;/h2,5,7,11,14,18H,3-4,6,8-10,12H2,1H3;1H/t14-,16-;/m0./s1. The zero-order valence-electron chi connectivity index (χ0n) is 11.6. The van der Waals surface area contributed by atoms with Crippen molar-refractivity contribution >= 4 is 12.4 Å². The minimum absolute atomic E-state index is 0. The summed E-state index contributed by atoms with van der Waals surface area (Å²) in [5.74, 6) is 1.19. The second-order valence-corrected chi connectivity index (χ2v) is 6.16. The molecular weight excluding hydrogens is 258 g/mol. The molecule has 1 aromatic carbocycles. The van der Waals surface area contributed by atoms with Crippen LogP contribution in [0.4, 0.5) is 0 Å². The van der Waals surface area contributed by atoms with Crippen molar-refractivity contribution in [1.82, 2.24) is 4.90 Å². The summed E-state index contributed by atoms with van der Waals surface area (Å²) in [5, 5.41) is 9.77. The van der Waals surface area contributed by atoms with Crippen molar-refractivity contribution in [2.75, 3.05) is 20.1 Å². The predicted molar refractivity (Wildman–Crippen MR) is 81.1 cm³/mol. The number of hydrogen-bond acceptors (Lipinski definition) is 2. The van der Waals surface area contributed by atoms with Crippen LogP contribution in [-0.4, -0.2) is 30.1 Å². The molecule has 2 fully saturated rings. The fraction of sp³-hybridized carbons (Fsp3) is 0.625. The number of benzene rings is 1. The number of fused-ring (bicyclic) bond motifs is 1. The summed E-state index contributed by atoms with van der Waals surface area (Å²) in [6, 6.07) is 8.02. The molecule has 2 atom stereocenters. The third-order valence-electron chi connectivity index (χ3n) is 5.07. The number of aromatic hydroxyl groups is 1. The van der Waals surface area contributed by atoms with Gasteiger partial charge in [-0.3, -0.25) is 0 Å². The van der Waals surface area contributed by atoms with E-state index in [4.69, 9.17) is 0 Å². The quantitative estimate of drug-likeness (QED) is 0.851. The number of likely N-dealkylation sites (tertiary alicyclic amines) is 1. The summed E-state index contributed by atoms with van der Waals surface area (Å²) in [6.45, 7) is 2.44. The van der Waals surface area contributed by atoms with E-state index in [1.807, 2.05) is 12.1 Å². The van der Waals surface area contributed by atoms with Crippen LogP contribution < -0.4 is 0 Å². The number of rotatable bonds is 1. The van der Waals surface area contributed by atoms with Gasteiger partial charge in [-0.1, -0.05) is 18.6 Å². The van der Waals surface area contributed by atoms with Gasteiger partial charge in [0.25, 0.3) is 0 Å². The van der Waals surface area contributed by atoms with Crippen LogP contribution in [0.2, 0.25) is 0 Å². The van der Waals surface area contributed by atoms with Gasteiger partial charge >= 0.3 is 0 Å². The van der Waals surface area contributed by atoms with Crippen LogP contribution in [0, 0.1) is 5.92 Å². The van der Waals surface area contributed by atoms with Crippen molar-refractivity contribution in [2.45, 2.75) is 37.5 Å². The van der Waals surface area contributed by atoms with E-state index in [0.717, 1.165) is 5.92 Å². The average molecular weight is 282 g/mol. The molecular formula is C16H24ClNO. The Balaban J connectivity index is 0.00000133. The molecule has 1 aliphatic heterocycles. The van der Waals surface area contributed by atoms with Gasteiger partial charge in [-0.05, 0) is 68.3 Å². The SMILES string of the molecule is CN1CCC[C@]2(c3cccc(O)c3)CCC[C@H]2C1.Cl. The molecule has 1 heterocycles. The third-order valence-corrected chi connectivity index (χ3v) is 5.07. The van der Waals surface area contributed by atoms with Crippen molar-refractivity contribution in [3.05, 3.63) is 29.8 Å². The van der Waals surface area contributed by atoms with Crippen molar-refractivity contribution in [2.24, 2.45) is 5.92 Å². The predicted octanol–water partition coefficient (Wildman–Crippen LogP) is 3.58. The highest BCUT2D eigenvalue weighted by molar-refractivity contribution is 5.85. The fourth-order valence-corrected chi connectivity index (χ4v) is 4.21. The molecule has 2 aliphatic rings. The molecule has 106 valence electrons. The van der Waals surface area contributed by atoms with Crippen molar-refractivity contribution in [3.63, 3.8) is 0 Å². The van der Waals surface area contributed by atoms with Gasteiger partial charge in [0.1, 0.15) is 5.75 Å². The van der Waals surface area contributed by atoms with Crippen LogP contribution in [0.15, 0.2) is 24.3 Å². The van der Waals surface area contributed by atoms with E-state index < -0.39 is 0 Å². The molecule has 0 radical (unpaired) electrons. The minimum Gasteiger partial charge on any atom is -0.508 e. The Labute approximate surface area is 122 Å². The Morgan fingerprint density at radius 1 is 1.26 bits per heavy atom. The Bertz CT molecular complexity index is 437. The maximum Gasteiger partial charge on any atom is 0.115 e. The number of halogens is 1. The molecule has 1 saturated heterocycles. The monoisotopic (exact) mass is 281 g/mol. The highest BCUT2D eigenvalue weighted by Gasteiger charge is 2.45. The number of nitrogens with zero attached hydrogens (tertiary/aromatic N) is 1. The van der Waals surface area contributed by atoms with Crippen LogP contribution >= 0.6 is 12.4 Å². The zero-order chi connectivity index (χ0) is 12.6. The molecule has 1 aromatic rings. The largest absolute Gasteiger partial charge is 0.508 e. The minimum atomic E-state index is 0. The van der Waals surface area contributed by atoms with Gasteiger partial charge in [0.2, 0.25) is 0 Å². The van der Waals surface area contributed by atoms with Gasteiger partial charge in [0.05, 0.1) is 0 Å². The smallest absolute Gasteiger partial charge is 0.115 e. The van der Waals surface area contributed by atoms with Gasteiger partial charge in [-0.2, -0.15) is 0 Å². The number of hydrogen-bond donors (Lipinski definition) is 1.